The molecule has 0 bridgehead atoms. The molecule has 0 saturated heterocycles. The minimum Gasteiger partial charge on any atom is -0.323 e. The van der Waals surface area contributed by atoms with Crippen LogP contribution in [-0.2, 0) is 4.79 Å². The number of rotatable bonds is 2. The summed E-state index contributed by atoms with van der Waals surface area (Å²) in [6.07, 6.45) is 0.237. The van der Waals surface area contributed by atoms with Gasteiger partial charge in [-0.3, -0.25) is 4.79 Å². The second kappa shape index (κ2) is 5.79. The number of fused-ring (bicyclic) bond motifs is 1. The average Bonchev–Trinajstić information content (AvgIpc) is 2.97. The van der Waals surface area contributed by atoms with Crippen molar-refractivity contribution in [2.75, 3.05) is 5.32 Å². The Morgan fingerprint density at radius 1 is 1.08 bits per heavy atom. The van der Waals surface area contributed by atoms with E-state index in [0.717, 1.165) is 10.4 Å². The molecule has 0 aliphatic carbocycles. The zero-order valence-electron chi connectivity index (χ0n) is 12.4. The standard InChI is InChI=1S/C18H12F2N2OS/c19-12-5-1-3-10(7-12)14-9-15(23)21-17-16(22-24-18(14)17)11-4-2-6-13(20)8-11/h1-8,14H,9H2,(H,21,23)/t14-/m1/s1. The minimum absolute atomic E-state index is 0.158. The van der Waals surface area contributed by atoms with Crippen LogP contribution in [0.2, 0.25) is 0 Å². The second-order valence-electron chi connectivity index (χ2n) is 5.64. The van der Waals surface area contributed by atoms with Crippen molar-refractivity contribution in [3.8, 4) is 11.3 Å². The van der Waals surface area contributed by atoms with Gasteiger partial charge < -0.3 is 5.32 Å². The van der Waals surface area contributed by atoms with Crippen molar-refractivity contribution in [2.45, 2.75) is 12.3 Å². The number of hydrogen-bond donors (Lipinski definition) is 1. The number of aromatic nitrogens is 1. The lowest BCUT2D eigenvalue weighted by Crippen LogP contribution is -2.22. The van der Waals surface area contributed by atoms with E-state index in [1.165, 1.54) is 35.8 Å². The Balaban J connectivity index is 1.83. The van der Waals surface area contributed by atoms with Crippen molar-refractivity contribution in [2.24, 2.45) is 0 Å². The maximum Gasteiger partial charge on any atom is 0.225 e. The molecule has 0 unspecified atom stereocenters. The van der Waals surface area contributed by atoms with Crippen LogP contribution in [0.1, 0.15) is 22.8 Å². The fourth-order valence-corrected chi connectivity index (χ4v) is 3.93. The van der Waals surface area contributed by atoms with E-state index < -0.39 is 0 Å². The number of carbonyl (C=O) groups is 1. The number of benzene rings is 2. The third-order valence-corrected chi connectivity index (χ3v) is 5.00. The van der Waals surface area contributed by atoms with Gasteiger partial charge in [-0.15, -0.1) is 0 Å². The molecule has 4 rings (SSSR count). The number of amides is 1. The third-order valence-electron chi connectivity index (χ3n) is 4.04. The van der Waals surface area contributed by atoms with Gasteiger partial charge in [0, 0.05) is 17.9 Å². The van der Waals surface area contributed by atoms with Gasteiger partial charge in [-0.25, -0.2) is 8.78 Å². The lowest BCUT2D eigenvalue weighted by atomic mass is 9.89. The van der Waals surface area contributed by atoms with E-state index in [9.17, 15) is 13.6 Å². The summed E-state index contributed by atoms with van der Waals surface area (Å²) in [4.78, 5) is 13.0. The maximum absolute atomic E-state index is 13.6. The minimum atomic E-state index is -0.363. The summed E-state index contributed by atoms with van der Waals surface area (Å²) in [5.41, 5.74) is 2.48. The van der Waals surface area contributed by atoms with Crippen LogP contribution in [0, 0.1) is 11.6 Å². The van der Waals surface area contributed by atoms with E-state index >= 15 is 0 Å². The quantitative estimate of drug-likeness (QED) is 0.742. The van der Waals surface area contributed by atoms with Gasteiger partial charge in [0.1, 0.15) is 17.3 Å². The molecule has 2 heterocycles. The summed E-state index contributed by atoms with van der Waals surface area (Å²) >= 11 is 1.25. The summed E-state index contributed by atoms with van der Waals surface area (Å²) < 4.78 is 31.5. The van der Waals surface area contributed by atoms with Gasteiger partial charge in [0.05, 0.1) is 10.6 Å². The number of halogens is 2. The lowest BCUT2D eigenvalue weighted by molar-refractivity contribution is -0.116. The Kier molecular flexibility index (Phi) is 3.61. The monoisotopic (exact) mass is 342 g/mol. The van der Waals surface area contributed by atoms with Crippen LogP contribution < -0.4 is 5.32 Å². The topological polar surface area (TPSA) is 42.0 Å². The molecule has 1 aromatic heterocycles. The molecule has 1 amide bonds. The maximum atomic E-state index is 13.6. The molecule has 2 aromatic carbocycles. The van der Waals surface area contributed by atoms with Crippen molar-refractivity contribution >= 4 is 23.1 Å². The summed E-state index contributed by atoms with van der Waals surface area (Å²) in [6, 6.07) is 12.3. The zero-order valence-corrected chi connectivity index (χ0v) is 13.2. The van der Waals surface area contributed by atoms with Gasteiger partial charge >= 0.3 is 0 Å². The fourth-order valence-electron chi connectivity index (χ4n) is 2.96. The van der Waals surface area contributed by atoms with Crippen LogP contribution in [0.15, 0.2) is 48.5 Å². The second-order valence-corrected chi connectivity index (χ2v) is 6.45. The summed E-state index contributed by atoms with van der Waals surface area (Å²) in [7, 11) is 0. The molecule has 1 N–H and O–H groups in total. The zero-order chi connectivity index (χ0) is 16.7. The van der Waals surface area contributed by atoms with E-state index in [2.05, 4.69) is 9.69 Å². The van der Waals surface area contributed by atoms with E-state index in [1.807, 2.05) is 0 Å². The predicted octanol–water partition coefficient (Wildman–Crippen LogP) is 4.56. The fraction of sp³-hybridized carbons (Fsp3) is 0.111. The molecule has 1 aliphatic rings. The summed E-state index contributed by atoms with van der Waals surface area (Å²) in [5.74, 6) is -1.10. The highest BCUT2D eigenvalue weighted by Gasteiger charge is 2.31. The van der Waals surface area contributed by atoms with Crippen molar-refractivity contribution < 1.29 is 13.6 Å². The normalized spacial score (nSPS) is 16.6. The Labute approximate surface area is 141 Å². The molecule has 0 radical (unpaired) electrons. The van der Waals surface area contributed by atoms with Gasteiger partial charge in [0.15, 0.2) is 0 Å². The van der Waals surface area contributed by atoms with Gasteiger partial charge in [0.2, 0.25) is 5.91 Å². The third kappa shape index (κ3) is 2.59. The highest BCUT2D eigenvalue weighted by Crippen LogP contribution is 2.44. The largest absolute Gasteiger partial charge is 0.323 e. The summed E-state index contributed by atoms with van der Waals surface area (Å²) in [5, 5.41) is 2.83. The Bertz CT molecular complexity index is 938. The molecule has 0 spiro atoms. The van der Waals surface area contributed by atoms with E-state index in [0.29, 0.717) is 16.9 Å². The molecule has 1 atom stereocenters. The molecule has 3 aromatic rings. The van der Waals surface area contributed by atoms with Gasteiger partial charge in [-0.2, -0.15) is 4.37 Å². The highest BCUT2D eigenvalue weighted by molar-refractivity contribution is 7.07. The van der Waals surface area contributed by atoms with Gasteiger partial charge in [-0.05, 0) is 41.4 Å². The molecule has 24 heavy (non-hydrogen) atoms. The molecule has 0 saturated carbocycles. The Morgan fingerprint density at radius 3 is 2.58 bits per heavy atom. The number of nitrogens with zero attached hydrogens (tertiary/aromatic N) is 1. The van der Waals surface area contributed by atoms with E-state index in [-0.39, 0.29) is 29.9 Å². The first-order valence-corrected chi connectivity index (χ1v) is 8.20. The molecule has 120 valence electrons. The van der Waals surface area contributed by atoms with E-state index in [4.69, 9.17) is 0 Å². The number of nitrogens with one attached hydrogen (secondary N) is 1. The molecule has 6 heteroatoms. The van der Waals surface area contributed by atoms with Crippen LogP contribution in [0.3, 0.4) is 0 Å². The lowest BCUT2D eigenvalue weighted by Gasteiger charge is -2.23. The van der Waals surface area contributed by atoms with Crippen LogP contribution in [0.5, 0.6) is 0 Å². The van der Waals surface area contributed by atoms with Crippen LogP contribution in [-0.4, -0.2) is 10.3 Å². The Hall–Kier alpha value is -2.60. The first-order valence-electron chi connectivity index (χ1n) is 7.42. The number of hydrogen-bond acceptors (Lipinski definition) is 3. The van der Waals surface area contributed by atoms with Gasteiger partial charge in [0.25, 0.3) is 0 Å². The summed E-state index contributed by atoms with van der Waals surface area (Å²) in [6.45, 7) is 0. The average molecular weight is 342 g/mol. The van der Waals surface area contributed by atoms with Crippen LogP contribution in [0.25, 0.3) is 11.3 Å². The van der Waals surface area contributed by atoms with Crippen molar-refractivity contribution in [3.05, 3.63) is 70.6 Å². The van der Waals surface area contributed by atoms with Gasteiger partial charge in [-0.1, -0.05) is 24.3 Å². The van der Waals surface area contributed by atoms with E-state index in [1.54, 1.807) is 24.3 Å². The first kappa shape index (κ1) is 15.0. The van der Waals surface area contributed by atoms with Crippen molar-refractivity contribution in [1.29, 1.82) is 0 Å². The first-order chi connectivity index (χ1) is 11.6. The predicted molar refractivity (Wildman–Crippen MR) is 89.0 cm³/mol. The SMILES string of the molecule is O=C1C[C@H](c2cccc(F)c2)c2snc(-c3cccc(F)c3)c2N1. The molecule has 0 fully saturated rings. The number of carbonyl (C=O) groups excluding carboxylic acids is 1. The van der Waals surface area contributed by atoms with Crippen LogP contribution in [0.4, 0.5) is 14.5 Å². The number of anilines is 1. The molecule has 1 aliphatic heterocycles. The Morgan fingerprint density at radius 2 is 1.83 bits per heavy atom. The smallest absolute Gasteiger partial charge is 0.225 e. The highest BCUT2D eigenvalue weighted by atomic mass is 32.1. The molecule has 3 nitrogen and oxygen atoms in total. The van der Waals surface area contributed by atoms with Crippen molar-refractivity contribution in [1.82, 2.24) is 4.37 Å². The van der Waals surface area contributed by atoms with Crippen molar-refractivity contribution in [3.63, 3.8) is 0 Å². The van der Waals surface area contributed by atoms with Crippen LogP contribution >= 0.6 is 11.5 Å². The molecular weight excluding hydrogens is 330 g/mol. The molecular formula is C18H12F2N2OS.